The largest absolute Gasteiger partial charge is 0.396 e. The van der Waals surface area contributed by atoms with Crippen LogP contribution in [0.4, 0.5) is 0 Å². The fraction of sp³-hybridized carbons (Fsp3) is 1.00. The lowest BCUT2D eigenvalue weighted by Crippen LogP contribution is -1.69. The van der Waals surface area contributed by atoms with Crippen molar-refractivity contribution < 1.29 is 155 Å². The zero-order valence-corrected chi connectivity index (χ0v) is 82.1. The highest BCUT2D eigenvalue weighted by Crippen LogP contribution is 1.88. The Morgan fingerprint density at radius 2 is 0.369 bits per heavy atom. The molecule has 0 aromatic heterocycles. The Morgan fingerprint density at radius 1 is 0.198 bits per heavy atom. The van der Waals surface area contributed by atoms with Crippen LogP contribution < -0.4 is 0 Å². The summed E-state index contributed by atoms with van der Waals surface area (Å²) in [5.74, 6) is 0. The van der Waals surface area contributed by atoms with E-state index < -0.39 is 296 Å². The van der Waals surface area contributed by atoms with Gasteiger partial charge in [0.25, 0.3) is 0 Å². The van der Waals surface area contributed by atoms with Crippen LogP contribution in [0.25, 0.3) is 0 Å². The Kier molecular flexibility index (Phi) is 247. The second-order valence-corrected chi connectivity index (χ2v) is 13.4. The van der Waals surface area contributed by atoms with Crippen LogP contribution in [0, 0.1) is 0 Å². The molecule has 111 heavy (non-hydrogen) atoms. The average molecular weight is 1740 g/mol. The zero-order valence-electron chi connectivity index (χ0n) is 191. The normalized spacial score (nSPS) is 26.3. The van der Waals surface area contributed by atoms with Crippen molar-refractivity contribution in [3.05, 3.63) is 0 Å². The molecule has 0 aliphatic heterocycles. The van der Waals surface area contributed by atoms with Crippen LogP contribution in [-0.2, 0) is 0 Å². The first-order valence-corrected chi connectivity index (χ1v) is 36.3. The SMILES string of the molecule is C[13CH3].[2H]C(C)C.[2H]C([2H])(C)C.[2H]C([2H])(C)C.[2H]C([2H])(C)C([2H])([2H])C.[2H]C([2H])(C)C([2H])([2H])C.[2H]C([2H])(C)C([2H])([2H])O.[2H]C([2H])(C)CC.[2H]C([2H])(C)CC.[2H]C([2H])(C)CC.[2H]C([2H])(C)CC.[2H]C([2H])([2H])C([2H])([2H])C.[2H]C([2H])([2H])C([2H])([2H])C.[2H]C([2H])([2H])C([2H])([2H])C([2H])([2H])C.[2H]C([2H])([2H])C([2H])([2H])C([2H])([2H])C.[2H]C([2H])([2H])C([2H])([2H])C([2H])([2H])C([2H])([2H])C.[2H]C([2H])([2H])C([2H])([2H])CC.[2H]C([2H])([2H])CC.[2H]C([2H])([2H])CC.[2H]C([2H])([2H])CC([2H])([2H])C.[2H]C([2H])([2H])CC([2H])([2H])C.[2H]C([2H])([2H])CCC.[2H]C([2H])([2H])CCC.[2H]C([2H])C([2H])([2H])C.[2H]C([2H])C([2H])C.[2H]CCC.[2H]CCC.[2H]CCC.[2H][12CH2]C.[2H][12CH]([2H])C.[2H][12C]([2H])([2H])C.[2H][12C]([2H])([2H])C.[2H][13CH]([2H])C.[2H][13C]([2H])([2H])C. The number of hydrogen-bond acceptors (Lipinski definition) is 1. The summed E-state index contributed by atoms with van der Waals surface area (Å²) in [5.41, 5.74) is 0. The van der Waals surface area contributed by atoms with E-state index in [0.717, 1.165) is 73.6 Å². The van der Waals surface area contributed by atoms with Gasteiger partial charge in [-0.25, -0.2) is 0 Å². The number of hydrogen-bond donors (Lipinski definition) is 1. The first-order chi connectivity index (χ1) is 92.6. The Hall–Kier alpha value is -0.0400. The summed E-state index contributed by atoms with van der Waals surface area (Å²) in [4.78, 5) is 0. The monoisotopic (exact) mass is 1740 g/mol. The maximum Gasteiger partial charge on any atom is 0.0564 e. The van der Waals surface area contributed by atoms with Crippen molar-refractivity contribution >= 4 is 0 Å². The van der Waals surface area contributed by atoms with Gasteiger partial charge in [-0.1, -0.05) is 725 Å². The van der Waals surface area contributed by atoms with E-state index in [1.165, 1.54) is 125 Å². The Balaban J connectivity index is -0.0000000509. The van der Waals surface area contributed by atoms with Crippen molar-refractivity contribution in [2.45, 2.75) is 731 Å². The summed E-state index contributed by atoms with van der Waals surface area (Å²) in [5, 5.41) is 8.31. The highest BCUT2D eigenvalue weighted by molar-refractivity contribution is 4.24. The molecule has 0 rings (SSSR count). The van der Waals surface area contributed by atoms with E-state index in [4.69, 9.17) is 155 Å². The highest BCUT2D eigenvalue weighted by Gasteiger charge is 1.68. The van der Waals surface area contributed by atoms with Crippen molar-refractivity contribution in [1.29, 1.82) is 0 Å². The molecule has 1 atom stereocenters. The zero-order chi connectivity index (χ0) is 192. The molecule has 734 valence electrons. The summed E-state index contributed by atoms with van der Waals surface area (Å²) in [6.07, 6.45) is -38.2. The van der Waals surface area contributed by atoms with E-state index in [-0.39, 0.29) is 38.5 Å². The van der Waals surface area contributed by atoms with Crippen molar-refractivity contribution in [3.63, 3.8) is 0 Å². The summed E-state index contributed by atoms with van der Waals surface area (Å²) >= 11 is 0. The van der Waals surface area contributed by atoms with Crippen LogP contribution in [-0.4, -0.2) is 11.7 Å². The van der Waals surface area contributed by atoms with E-state index in [1.807, 2.05) is 90.0 Å². The Labute approximate surface area is 894 Å². The molecule has 0 saturated heterocycles. The molecule has 1 N–H and O–H groups in total. The first-order valence-electron chi connectivity index (χ1n) is 92.4. The van der Waals surface area contributed by atoms with Gasteiger partial charge in [0.15, 0.2) is 0 Å². The fourth-order valence-corrected chi connectivity index (χ4v) is 0.0625. The summed E-state index contributed by atoms with van der Waals surface area (Å²) in [7, 11) is 0. The molecule has 0 aromatic rings. The summed E-state index contributed by atoms with van der Waals surface area (Å²) in [6.45, 7) is 29.2. The maximum absolute atomic E-state index is 8.31. The highest BCUT2D eigenvalue weighted by atomic mass is 16.2. The van der Waals surface area contributed by atoms with Crippen molar-refractivity contribution in [1.82, 2.24) is 0 Å². The van der Waals surface area contributed by atoms with Crippen molar-refractivity contribution in [2.24, 2.45) is 0 Å². The van der Waals surface area contributed by atoms with E-state index in [2.05, 4.69) is 0 Å². The van der Waals surface area contributed by atoms with Gasteiger partial charge in [0, 0.05) is 153 Å². The average Bonchev–Trinajstić information content (AvgIpc) is 0.745. The third kappa shape index (κ3) is 5030. The van der Waals surface area contributed by atoms with E-state index in [0.29, 0.717) is 66.1 Å². The quantitative estimate of drug-likeness (QED) is 0.153. The molecule has 0 aromatic carbocycles. The topological polar surface area (TPSA) is 20.2 Å². The van der Waals surface area contributed by atoms with E-state index >= 15 is 0 Å². The van der Waals surface area contributed by atoms with Crippen LogP contribution in [0.3, 0.4) is 0 Å². The second kappa shape index (κ2) is 707. The maximum atomic E-state index is 8.31. The van der Waals surface area contributed by atoms with Gasteiger partial charge in [0.05, 0.1) is 2.74 Å². The fourth-order valence-electron chi connectivity index (χ4n) is 0.0625. The molecular weight excluding hydrogens is 1340 g/mol. The van der Waals surface area contributed by atoms with Gasteiger partial charge in [-0.05, 0) is 6.37 Å². The lowest BCUT2D eigenvalue weighted by Gasteiger charge is -1.79. The van der Waals surface area contributed by atoms with Crippen molar-refractivity contribution in [3.8, 4) is 0 Å². The molecule has 1 heteroatoms. The van der Waals surface area contributed by atoms with Crippen molar-refractivity contribution in [2.75, 3.05) is 6.56 Å². The third-order valence-corrected chi connectivity index (χ3v) is 3.49. The third-order valence-electron chi connectivity index (χ3n) is 3.49. The molecule has 0 fully saturated rings. The predicted molar refractivity (Wildman–Crippen MR) is 581 cm³/mol. The van der Waals surface area contributed by atoms with Crippen LogP contribution in [0.1, 0.15) is 880 Å². The molecule has 0 bridgehead atoms. The molecule has 0 heterocycles. The van der Waals surface area contributed by atoms with Gasteiger partial charge in [0.2, 0.25) is 0 Å². The standard InChI is InChI=1S/C5H12.13C4H10.C3H8O.12C3H8.7C2H6/c1-3-5-4-2;13*1-3-4-2;1-2-3-4;12*1-3-2;7*1-2/h3-5H2,1-2H3;13*3-4H2,1-2H3;4H,2-3H2,1H3;12*3H2,1-2H3;7*1-2H3/i1D3,3D2,4D2,5D2;2*1D3,3D2,4D2;2*3D2,4D2;2*1D3,4D2;1D3,3D2;4*3D2;2*1D3;2D2,3D2;2*1D3,3D2;1D2,3D2;1D2,3D;2*3D2;3D;2*1D3;3*1D;1+1D3;1+1D2;1+1;2*1+0D3;1+0D2;1+0D. The van der Waals surface area contributed by atoms with Gasteiger partial charge in [-0.2, -0.15) is 0 Å². The lowest BCUT2D eigenvalue weighted by molar-refractivity contribution is 0.295. The lowest BCUT2D eigenvalue weighted by atomic mass is 10.3. The molecule has 1 unspecified atom stereocenters. The summed E-state index contributed by atoms with van der Waals surface area (Å²) in [6, 6.07) is 0. The van der Waals surface area contributed by atoms with Gasteiger partial charge in [-0.3, -0.25) is 0 Å². The van der Waals surface area contributed by atoms with Crippen LogP contribution in [0.5, 0.6) is 0 Å². The van der Waals surface area contributed by atoms with Crippen LogP contribution >= 0.6 is 0 Å². The minimum Gasteiger partial charge on any atom is -0.396 e. The number of rotatable bonds is 16. The smallest absolute Gasteiger partial charge is 0.0564 e. The first kappa shape index (κ1) is 38.8. The predicted octanol–water partition coefficient (Wildman–Crippen LogP) is 50.2. The molecular formula is C110H288O. The van der Waals surface area contributed by atoms with Crippen LogP contribution in [0.15, 0.2) is 0 Å². The molecule has 0 saturated carbocycles. The van der Waals surface area contributed by atoms with Gasteiger partial charge in [-0.15, -0.1) is 0 Å². The molecule has 1 nitrogen and oxygen atoms in total. The minimum atomic E-state index is -3.22. The molecule has 0 aliphatic carbocycles. The Morgan fingerprint density at radius 3 is 0.378 bits per heavy atom. The molecule has 0 radical (unpaired) electrons. The van der Waals surface area contributed by atoms with E-state index in [9.17, 15) is 0 Å². The van der Waals surface area contributed by atoms with Crippen LogP contribution in [0.2, 0.25) is 0 Å². The number of aliphatic hydroxyl groups is 1. The molecule has 0 spiro atoms. The minimum absolute atomic E-state index is 0.0312. The van der Waals surface area contributed by atoms with E-state index in [1.54, 1.807) is 48.5 Å². The Bertz CT molecular complexity index is 3770. The second-order valence-electron chi connectivity index (χ2n) is 13.4. The molecule has 0 aliphatic rings. The van der Waals surface area contributed by atoms with Gasteiger partial charge in [0.1, 0.15) is 0 Å². The summed E-state index contributed by atoms with van der Waals surface area (Å²) < 4.78 is 728. The van der Waals surface area contributed by atoms with Gasteiger partial charge >= 0.3 is 0 Å². The van der Waals surface area contributed by atoms with Gasteiger partial charge < -0.3 is 5.11 Å². The molecule has 0 amide bonds.